The lowest BCUT2D eigenvalue weighted by Gasteiger charge is -1.92. The second-order valence-corrected chi connectivity index (χ2v) is 2.46. The molecule has 3 heteroatoms. The lowest BCUT2D eigenvalue weighted by atomic mass is 10.2. The Morgan fingerprint density at radius 2 is 1.91 bits per heavy atom. The summed E-state index contributed by atoms with van der Waals surface area (Å²) in [5.74, 6) is 1.83. The van der Waals surface area contributed by atoms with Crippen LogP contribution in [0.25, 0.3) is 0 Å². The first-order chi connectivity index (χ1) is 5.36. The van der Waals surface area contributed by atoms with Crippen LogP contribution in [0.3, 0.4) is 0 Å². The minimum absolute atomic E-state index is 0.475. The van der Waals surface area contributed by atoms with Crippen molar-refractivity contribution in [3.63, 3.8) is 0 Å². The molecule has 1 aromatic rings. The fraction of sp³-hybridized carbons (Fsp3) is 0.500. The summed E-state index contributed by atoms with van der Waals surface area (Å²) in [5, 5.41) is 0. The van der Waals surface area contributed by atoms with Crippen molar-refractivity contribution < 1.29 is 4.42 Å². The standard InChI is InChI=1S/C8H14N2O/c9-5-1-2-7-3-4-8(6-10)11-7/h3-4H,1-2,5-6,9-10H2. The van der Waals surface area contributed by atoms with Gasteiger partial charge in [-0.05, 0) is 25.1 Å². The van der Waals surface area contributed by atoms with Crippen LogP contribution in [0, 0.1) is 0 Å². The number of hydrogen-bond donors (Lipinski definition) is 2. The maximum atomic E-state index is 5.37. The van der Waals surface area contributed by atoms with Gasteiger partial charge in [0, 0.05) is 6.42 Å². The zero-order valence-corrected chi connectivity index (χ0v) is 6.55. The third-order valence-corrected chi connectivity index (χ3v) is 1.55. The van der Waals surface area contributed by atoms with Gasteiger partial charge in [0.25, 0.3) is 0 Å². The molecular weight excluding hydrogens is 140 g/mol. The minimum Gasteiger partial charge on any atom is -0.465 e. The lowest BCUT2D eigenvalue weighted by molar-refractivity contribution is 0.462. The molecule has 0 saturated heterocycles. The van der Waals surface area contributed by atoms with Gasteiger partial charge < -0.3 is 15.9 Å². The molecule has 0 unspecified atom stereocenters. The number of aryl methyl sites for hydroxylation is 1. The van der Waals surface area contributed by atoms with Crippen molar-refractivity contribution >= 4 is 0 Å². The van der Waals surface area contributed by atoms with E-state index in [0.29, 0.717) is 13.1 Å². The highest BCUT2D eigenvalue weighted by molar-refractivity contribution is 5.06. The molecule has 0 aromatic carbocycles. The van der Waals surface area contributed by atoms with Crippen molar-refractivity contribution in [1.29, 1.82) is 0 Å². The highest BCUT2D eigenvalue weighted by Gasteiger charge is 1.98. The second kappa shape index (κ2) is 4.16. The Hall–Kier alpha value is -0.800. The number of rotatable bonds is 4. The van der Waals surface area contributed by atoms with Gasteiger partial charge in [-0.2, -0.15) is 0 Å². The highest BCUT2D eigenvalue weighted by atomic mass is 16.3. The molecule has 3 nitrogen and oxygen atoms in total. The average molecular weight is 154 g/mol. The Morgan fingerprint density at radius 3 is 2.45 bits per heavy atom. The van der Waals surface area contributed by atoms with E-state index in [0.717, 1.165) is 24.4 Å². The van der Waals surface area contributed by atoms with Gasteiger partial charge in [-0.15, -0.1) is 0 Å². The van der Waals surface area contributed by atoms with Gasteiger partial charge in [-0.1, -0.05) is 0 Å². The van der Waals surface area contributed by atoms with Crippen molar-refractivity contribution in [3.8, 4) is 0 Å². The Morgan fingerprint density at radius 1 is 1.18 bits per heavy atom. The summed E-state index contributed by atoms with van der Waals surface area (Å²) in [7, 11) is 0. The third kappa shape index (κ3) is 2.37. The maximum absolute atomic E-state index is 5.37. The molecule has 0 aliphatic rings. The number of nitrogens with two attached hydrogens (primary N) is 2. The van der Waals surface area contributed by atoms with E-state index in [1.54, 1.807) is 0 Å². The molecule has 0 aliphatic carbocycles. The zero-order valence-electron chi connectivity index (χ0n) is 6.55. The summed E-state index contributed by atoms with van der Waals surface area (Å²) in [6.45, 7) is 1.18. The molecule has 0 bridgehead atoms. The van der Waals surface area contributed by atoms with Gasteiger partial charge in [-0.3, -0.25) is 0 Å². The van der Waals surface area contributed by atoms with Crippen LogP contribution in [0.1, 0.15) is 17.9 Å². The van der Waals surface area contributed by atoms with Crippen LogP contribution in [0.2, 0.25) is 0 Å². The third-order valence-electron chi connectivity index (χ3n) is 1.55. The van der Waals surface area contributed by atoms with Crippen LogP contribution in [0.15, 0.2) is 16.5 Å². The van der Waals surface area contributed by atoms with Gasteiger partial charge >= 0.3 is 0 Å². The normalized spacial score (nSPS) is 10.4. The Kier molecular flexibility index (Phi) is 3.14. The summed E-state index contributed by atoms with van der Waals surface area (Å²) in [6, 6.07) is 3.86. The van der Waals surface area contributed by atoms with Gasteiger partial charge in [0.1, 0.15) is 11.5 Å². The molecule has 0 saturated carbocycles. The summed E-state index contributed by atoms with van der Waals surface area (Å²) < 4.78 is 5.35. The molecule has 62 valence electrons. The molecule has 11 heavy (non-hydrogen) atoms. The van der Waals surface area contributed by atoms with E-state index in [1.807, 2.05) is 12.1 Å². The Balaban J connectivity index is 2.44. The van der Waals surface area contributed by atoms with Crippen molar-refractivity contribution in [1.82, 2.24) is 0 Å². The van der Waals surface area contributed by atoms with E-state index in [4.69, 9.17) is 15.9 Å². The lowest BCUT2D eigenvalue weighted by Crippen LogP contribution is -1.99. The van der Waals surface area contributed by atoms with E-state index in [9.17, 15) is 0 Å². The largest absolute Gasteiger partial charge is 0.465 e. The SMILES string of the molecule is NCCCc1ccc(CN)o1. The number of hydrogen-bond acceptors (Lipinski definition) is 3. The van der Waals surface area contributed by atoms with E-state index in [-0.39, 0.29) is 0 Å². The van der Waals surface area contributed by atoms with E-state index >= 15 is 0 Å². The van der Waals surface area contributed by atoms with Crippen molar-refractivity contribution in [2.24, 2.45) is 11.5 Å². The second-order valence-electron chi connectivity index (χ2n) is 2.46. The van der Waals surface area contributed by atoms with Gasteiger partial charge in [0.15, 0.2) is 0 Å². The van der Waals surface area contributed by atoms with Gasteiger partial charge in [0.05, 0.1) is 6.54 Å². The smallest absolute Gasteiger partial charge is 0.117 e. The van der Waals surface area contributed by atoms with Crippen LogP contribution in [0.5, 0.6) is 0 Å². The first-order valence-corrected chi connectivity index (χ1v) is 3.84. The molecule has 0 radical (unpaired) electrons. The van der Waals surface area contributed by atoms with E-state index < -0.39 is 0 Å². The summed E-state index contributed by atoms with van der Waals surface area (Å²) in [5.41, 5.74) is 10.7. The van der Waals surface area contributed by atoms with Crippen molar-refractivity contribution in [2.45, 2.75) is 19.4 Å². The molecule has 0 atom stereocenters. The first-order valence-electron chi connectivity index (χ1n) is 3.84. The molecule has 4 N–H and O–H groups in total. The minimum atomic E-state index is 0.475. The van der Waals surface area contributed by atoms with Crippen LogP contribution >= 0.6 is 0 Å². The molecule has 0 spiro atoms. The number of furan rings is 1. The molecule has 0 fully saturated rings. The van der Waals surface area contributed by atoms with Crippen LogP contribution < -0.4 is 11.5 Å². The molecular formula is C8H14N2O. The highest BCUT2D eigenvalue weighted by Crippen LogP contribution is 2.08. The first kappa shape index (κ1) is 8.30. The average Bonchev–Trinajstić information content (AvgIpc) is 2.48. The predicted molar refractivity (Wildman–Crippen MR) is 44.0 cm³/mol. The molecule has 0 aliphatic heterocycles. The summed E-state index contributed by atoms with van der Waals surface area (Å²) in [4.78, 5) is 0. The van der Waals surface area contributed by atoms with Crippen molar-refractivity contribution in [3.05, 3.63) is 23.7 Å². The molecule has 0 amide bonds. The molecule has 1 aromatic heterocycles. The maximum Gasteiger partial charge on any atom is 0.117 e. The molecule has 1 heterocycles. The zero-order chi connectivity index (χ0) is 8.10. The van der Waals surface area contributed by atoms with Crippen LogP contribution in [-0.2, 0) is 13.0 Å². The van der Waals surface area contributed by atoms with Crippen LogP contribution in [0.4, 0.5) is 0 Å². The van der Waals surface area contributed by atoms with Crippen LogP contribution in [-0.4, -0.2) is 6.54 Å². The summed E-state index contributed by atoms with van der Waals surface area (Å²) >= 11 is 0. The monoisotopic (exact) mass is 154 g/mol. The van der Waals surface area contributed by atoms with E-state index in [2.05, 4.69) is 0 Å². The fourth-order valence-electron chi connectivity index (χ4n) is 0.943. The quantitative estimate of drug-likeness (QED) is 0.668. The topological polar surface area (TPSA) is 65.2 Å². The Bertz CT molecular complexity index is 208. The van der Waals surface area contributed by atoms with Gasteiger partial charge in [0.2, 0.25) is 0 Å². The van der Waals surface area contributed by atoms with Gasteiger partial charge in [-0.25, -0.2) is 0 Å². The summed E-state index contributed by atoms with van der Waals surface area (Å²) in [6.07, 6.45) is 1.88. The Labute approximate surface area is 66.4 Å². The van der Waals surface area contributed by atoms with Crippen molar-refractivity contribution in [2.75, 3.05) is 6.54 Å². The van der Waals surface area contributed by atoms with E-state index in [1.165, 1.54) is 0 Å². The molecule has 1 rings (SSSR count). The predicted octanol–water partition coefficient (Wildman–Crippen LogP) is 0.630. The fourth-order valence-corrected chi connectivity index (χ4v) is 0.943.